The number of halogens is 4. The molecule has 1 aliphatic rings. The third-order valence-electron chi connectivity index (χ3n) is 4.65. The van der Waals surface area contributed by atoms with E-state index >= 15 is 0 Å². The van der Waals surface area contributed by atoms with E-state index in [4.69, 9.17) is 5.26 Å². The predicted molar refractivity (Wildman–Crippen MR) is 95.0 cm³/mol. The molecule has 146 valence electrons. The van der Waals surface area contributed by atoms with Crippen LogP contribution in [0.15, 0.2) is 36.4 Å². The van der Waals surface area contributed by atoms with Gasteiger partial charge in [-0.1, -0.05) is 0 Å². The van der Waals surface area contributed by atoms with Crippen molar-refractivity contribution in [1.29, 1.82) is 5.26 Å². The number of rotatable bonds is 6. The van der Waals surface area contributed by atoms with E-state index in [1.165, 1.54) is 25.1 Å². The molecule has 2 N–H and O–H groups in total. The molecule has 0 heterocycles. The number of nitriles is 1. The fourth-order valence-corrected chi connectivity index (χ4v) is 2.70. The lowest BCUT2D eigenvalue weighted by Crippen LogP contribution is -2.39. The van der Waals surface area contributed by atoms with Crippen LogP contribution in [0.3, 0.4) is 0 Å². The van der Waals surface area contributed by atoms with Gasteiger partial charge < -0.3 is 5.32 Å². The van der Waals surface area contributed by atoms with Crippen molar-refractivity contribution in [3.8, 4) is 6.07 Å². The Labute approximate surface area is 159 Å². The van der Waals surface area contributed by atoms with Crippen molar-refractivity contribution < 1.29 is 22.4 Å². The van der Waals surface area contributed by atoms with Crippen LogP contribution in [0.25, 0.3) is 0 Å². The average Bonchev–Trinajstić information content (AvgIpc) is 3.44. The van der Waals surface area contributed by atoms with Crippen LogP contribution in [-0.4, -0.2) is 18.0 Å². The van der Waals surface area contributed by atoms with Crippen LogP contribution in [0.5, 0.6) is 0 Å². The Morgan fingerprint density at radius 2 is 1.86 bits per heavy atom. The fraction of sp³-hybridized carbons (Fsp3) is 0.300. The zero-order valence-corrected chi connectivity index (χ0v) is 15.0. The molecular formula is C20H17F4N3O. The molecule has 0 saturated heterocycles. The zero-order chi connectivity index (χ0) is 20.5. The molecule has 8 heteroatoms. The van der Waals surface area contributed by atoms with Crippen LogP contribution >= 0.6 is 0 Å². The van der Waals surface area contributed by atoms with E-state index in [2.05, 4.69) is 10.6 Å². The molecule has 3 rings (SSSR count). The molecule has 0 spiro atoms. The minimum absolute atomic E-state index is 0.167. The van der Waals surface area contributed by atoms with Crippen molar-refractivity contribution in [2.24, 2.45) is 0 Å². The number of alkyl halides is 2. The average molecular weight is 391 g/mol. The van der Waals surface area contributed by atoms with Gasteiger partial charge in [0, 0.05) is 11.3 Å². The van der Waals surface area contributed by atoms with Crippen molar-refractivity contribution >= 4 is 11.6 Å². The molecule has 0 aromatic heterocycles. The lowest BCUT2D eigenvalue weighted by molar-refractivity contribution is -0.00854. The summed E-state index contributed by atoms with van der Waals surface area (Å²) in [6.07, 6.45) is 0.920. The molecule has 1 amide bonds. The maximum Gasteiger partial charge on any atom is 0.288 e. The van der Waals surface area contributed by atoms with Gasteiger partial charge in [-0.05, 0) is 61.7 Å². The molecule has 28 heavy (non-hydrogen) atoms. The van der Waals surface area contributed by atoms with Crippen LogP contribution in [0, 0.1) is 29.9 Å². The van der Waals surface area contributed by atoms with Crippen molar-refractivity contribution in [3.05, 3.63) is 64.7 Å². The number of amides is 1. The van der Waals surface area contributed by atoms with Crippen LogP contribution in [0.1, 0.15) is 34.3 Å². The number of aryl methyl sites for hydroxylation is 1. The van der Waals surface area contributed by atoms with Crippen molar-refractivity contribution in [1.82, 2.24) is 5.32 Å². The van der Waals surface area contributed by atoms with E-state index in [9.17, 15) is 22.4 Å². The minimum atomic E-state index is -3.61. The maximum atomic E-state index is 14.5. The molecule has 2 aromatic rings. The van der Waals surface area contributed by atoms with Gasteiger partial charge in [-0.25, -0.2) is 8.78 Å². The number of anilines is 1. The van der Waals surface area contributed by atoms with Crippen LogP contribution in [0.2, 0.25) is 0 Å². The van der Waals surface area contributed by atoms with Gasteiger partial charge in [0.2, 0.25) is 0 Å². The number of carbonyl (C=O) groups excluding carboxylic acids is 1. The first kappa shape index (κ1) is 19.8. The zero-order valence-electron chi connectivity index (χ0n) is 15.0. The Morgan fingerprint density at radius 3 is 2.46 bits per heavy atom. The summed E-state index contributed by atoms with van der Waals surface area (Å²) in [6, 6.07) is 8.50. The standard InChI is InChI=1S/C20H17F4N3O/c1-12-8-14(3-5-16(12)21)27-18(28)13-2-4-17(22)15(9-13)20(23,24)11-26-19(10-25)6-7-19/h2-5,8-9,26H,6-7,11H2,1H3,(H,27,28). The summed E-state index contributed by atoms with van der Waals surface area (Å²) in [7, 11) is 0. The van der Waals surface area contributed by atoms with Crippen LogP contribution in [-0.2, 0) is 5.92 Å². The van der Waals surface area contributed by atoms with Gasteiger partial charge in [0.15, 0.2) is 0 Å². The summed E-state index contributed by atoms with van der Waals surface area (Å²) in [4.78, 5) is 12.3. The Bertz CT molecular complexity index is 964. The number of nitrogens with one attached hydrogen (secondary N) is 2. The maximum absolute atomic E-state index is 14.5. The predicted octanol–water partition coefficient (Wildman–Crippen LogP) is 4.26. The third kappa shape index (κ3) is 4.15. The Morgan fingerprint density at radius 1 is 1.18 bits per heavy atom. The topological polar surface area (TPSA) is 64.9 Å². The fourth-order valence-electron chi connectivity index (χ4n) is 2.70. The lowest BCUT2D eigenvalue weighted by atomic mass is 10.0. The molecule has 1 saturated carbocycles. The third-order valence-corrected chi connectivity index (χ3v) is 4.65. The first-order valence-corrected chi connectivity index (χ1v) is 8.57. The van der Waals surface area contributed by atoms with E-state index < -0.39 is 41.1 Å². The summed E-state index contributed by atoms with van der Waals surface area (Å²) in [5.41, 5.74) is -1.49. The Kier molecular flexibility index (Phi) is 5.13. The lowest BCUT2D eigenvalue weighted by Gasteiger charge is -2.20. The van der Waals surface area contributed by atoms with E-state index in [-0.39, 0.29) is 11.3 Å². The molecule has 0 radical (unpaired) electrons. The van der Waals surface area contributed by atoms with Gasteiger partial charge in [0.05, 0.1) is 18.2 Å². The molecule has 2 aromatic carbocycles. The van der Waals surface area contributed by atoms with Gasteiger partial charge in [0.25, 0.3) is 11.8 Å². The van der Waals surface area contributed by atoms with Crippen molar-refractivity contribution in [3.63, 3.8) is 0 Å². The van der Waals surface area contributed by atoms with Gasteiger partial charge >= 0.3 is 0 Å². The van der Waals surface area contributed by atoms with E-state index in [0.29, 0.717) is 18.4 Å². The second-order valence-electron chi connectivity index (χ2n) is 6.86. The second-order valence-corrected chi connectivity index (χ2v) is 6.86. The second kappa shape index (κ2) is 7.24. The summed E-state index contributed by atoms with van der Waals surface area (Å²) in [5, 5.41) is 13.9. The van der Waals surface area contributed by atoms with E-state index in [1.54, 1.807) is 0 Å². The Balaban J connectivity index is 1.79. The van der Waals surface area contributed by atoms with Gasteiger partial charge in [-0.3, -0.25) is 10.1 Å². The summed E-state index contributed by atoms with van der Waals surface area (Å²) >= 11 is 0. The van der Waals surface area contributed by atoms with Gasteiger partial charge in [0.1, 0.15) is 17.2 Å². The minimum Gasteiger partial charge on any atom is -0.322 e. The molecule has 0 aliphatic heterocycles. The smallest absolute Gasteiger partial charge is 0.288 e. The summed E-state index contributed by atoms with van der Waals surface area (Å²) in [5.74, 6) is -5.94. The number of benzene rings is 2. The van der Waals surface area contributed by atoms with Gasteiger partial charge in [-0.15, -0.1) is 0 Å². The first-order chi connectivity index (χ1) is 13.2. The van der Waals surface area contributed by atoms with Gasteiger partial charge in [-0.2, -0.15) is 14.0 Å². The highest BCUT2D eigenvalue weighted by Gasteiger charge is 2.46. The highest BCUT2D eigenvalue weighted by Crippen LogP contribution is 2.37. The number of carbonyl (C=O) groups is 1. The summed E-state index contributed by atoms with van der Waals surface area (Å²) < 4.78 is 56.3. The molecule has 4 nitrogen and oxygen atoms in total. The number of hydrogen-bond donors (Lipinski definition) is 2. The molecular weight excluding hydrogens is 374 g/mol. The molecule has 1 aliphatic carbocycles. The molecule has 0 atom stereocenters. The quantitative estimate of drug-likeness (QED) is 0.723. The van der Waals surface area contributed by atoms with Crippen molar-refractivity contribution in [2.75, 3.05) is 11.9 Å². The van der Waals surface area contributed by atoms with Crippen LogP contribution < -0.4 is 10.6 Å². The van der Waals surface area contributed by atoms with Crippen molar-refractivity contribution in [2.45, 2.75) is 31.2 Å². The van der Waals surface area contributed by atoms with E-state index in [1.807, 2.05) is 6.07 Å². The molecule has 0 bridgehead atoms. The van der Waals surface area contributed by atoms with E-state index in [0.717, 1.165) is 18.2 Å². The normalized spacial score (nSPS) is 15.0. The highest BCUT2D eigenvalue weighted by atomic mass is 19.3. The molecule has 0 unspecified atom stereocenters. The monoisotopic (exact) mass is 391 g/mol. The number of nitrogens with zero attached hydrogens (tertiary/aromatic N) is 1. The largest absolute Gasteiger partial charge is 0.322 e. The first-order valence-electron chi connectivity index (χ1n) is 8.57. The number of hydrogen-bond acceptors (Lipinski definition) is 3. The summed E-state index contributed by atoms with van der Waals surface area (Å²) in [6.45, 7) is 0.599. The SMILES string of the molecule is Cc1cc(NC(=O)c2ccc(F)c(C(F)(F)CNC3(C#N)CC3)c2)ccc1F. The highest BCUT2D eigenvalue weighted by molar-refractivity contribution is 6.04. The van der Waals surface area contributed by atoms with Crippen LogP contribution in [0.4, 0.5) is 23.2 Å². The molecule has 1 fully saturated rings. The Hall–Kier alpha value is -2.92.